The maximum Gasteiger partial charge on any atom is 0.261 e. The number of aromatic nitrogens is 2. The number of anilines is 1. The number of carbonyl (C=O) groups excluding carboxylic acids is 1. The Labute approximate surface area is 152 Å². The monoisotopic (exact) mass is 349 g/mol. The van der Waals surface area contributed by atoms with Crippen molar-refractivity contribution in [1.29, 1.82) is 0 Å². The van der Waals surface area contributed by atoms with E-state index in [-0.39, 0.29) is 11.5 Å². The number of aryl methyl sites for hydroxylation is 2. The second kappa shape index (κ2) is 7.95. The molecular weight excluding hydrogens is 326 g/mol. The summed E-state index contributed by atoms with van der Waals surface area (Å²) in [4.78, 5) is 31.3. The van der Waals surface area contributed by atoms with Gasteiger partial charge in [0.25, 0.3) is 5.56 Å². The van der Waals surface area contributed by atoms with Crippen molar-refractivity contribution in [2.75, 3.05) is 11.4 Å². The van der Waals surface area contributed by atoms with Crippen LogP contribution < -0.4 is 10.5 Å². The van der Waals surface area contributed by atoms with Crippen LogP contribution in [0.1, 0.15) is 25.3 Å². The van der Waals surface area contributed by atoms with Crippen molar-refractivity contribution in [3.8, 4) is 0 Å². The van der Waals surface area contributed by atoms with Crippen LogP contribution in [-0.4, -0.2) is 22.0 Å². The van der Waals surface area contributed by atoms with E-state index in [1.165, 1.54) is 0 Å². The van der Waals surface area contributed by atoms with Gasteiger partial charge >= 0.3 is 0 Å². The van der Waals surface area contributed by atoms with E-state index < -0.39 is 0 Å². The summed E-state index contributed by atoms with van der Waals surface area (Å²) in [5.74, 6) is 0.0661. The lowest BCUT2D eigenvalue weighted by Crippen LogP contribution is -2.31. The molecule has 3 rings (SSSR count). The van der Waals surface area contributed by atoms with Crippen molar-refractivity contribution >= 4 is 22.5 Å². The highest BCUT2D eigenvalue weighted by Gasteiger charge is 2.13. The van der Waals surface area contributed by atoms with E-state index in [4.69, 9.17) is 0 Å². The molecule has 5 nitrogen and oxygen atoms in total. The Morgan fingerprint density at radius 2 is 1.88 bits per heavy atom. The number of para-hydroxylation sites is 2. The molecule has 0 aliphatic carbocycles. The van der Waals surface area contributed by atoms with Crippen LogP contribution in [-0.2, 0) is 11.3 Å². The van der Waals surface area contributed by atoms with E-state index in [0.717, 1.165) is 16.8 Å². The number of carbonyl (C=O) groups is 1. The standard InChI is InChI=1S/C21H23N3O2/c1-3-24(17-10-5-4-6-11-17)19(25)13-8-14-23-15-22-20-16(2)9-7-12-18(20)21(23)26/h4-7,9-12,15H,3,8,13-14H2,1-2H3. The SMILES string of the molecule is CCN(C(=O)CCCn1cnc2c(C)cccc2c1=O)c1ccccc1. The van der Waals surface area contributed by atoms with Crippen LogP contribution >= 0.6 is 0 Å². The molecule has 0 bridgehead atoms. The van der Waals surface area contributed by atoms with E-state index in [0.29, 0.717) is 31.3 Å². The zero-order valence-electron chi connectivity index (χ0n) is 15.2. The lowest BCUT2D eigenvalue weighted by Gasteiger charge is -2.21. The van der Waals surface area contributed by atoms with Gasteiger partial charge in [0.2, 0.25) is 5.91 Å². The molecule has 3 aromatic rings. The van der Waals surface area contributed by atoms with Gasteiger partial charge in [-0.15, -0.1) is 0 Å². The number of nitrogens with zero attached hydrogens (tertiary/aromatic N) is 3. The average molecular weight is 349 g/mol. The third kappa shape index (κ3) is 3.67. The van der Waals surface area contributed by atoms with Gasteiger partial charge in [-0.25, -0.2) is 4.98 Å². The second-order valence-electron chi connectivity index (χ2n) is 6.29. The molecule has 5 heteroatoms. The molecule has 0 aliphatic heterocycles. The Morgan fingerprint density at radius 3 is 2.62 bits per heavy atom. The molecule has 0 saturated heterocycles. The third-order valence-electron chi connectivity index (χ3n) is 4.53. The minimum absolute atomic E-state index is 0.0541. The summed E-state index contributed by atoms with van der Waals surface area (Å²) in [6.07, 6.45) is 2.57. The normalized spacial score (nSPS) is 10.8. The fourth-order valence-electron chi connectivity index (χ4n) is 3.14. The predicted octanol–water partition coefficient (Wildman–Crippen LogP) is 3.54. The number of rotatable bonds is 6. The van der Waals surface area contributed by atoms with E-state index in [2.05, 4.69) is 4.98 Å². The van der Waals surface area contributed by atoms with E-state index in [1.54, 1.807) is 21.9 Å². The van der Waals surface area contributed by atoms with Crippen molar-refractivity contribution in [2.24, 2.45) is 0 Å². The van der Waals surface area contributed by atoms with Gasteiger partial charge in [0.1, 0.15) is 0 Å². The van der Waals surface area contributed by atoms with E-state index in [1.807, 2.05) is 56.3 Å². The first-order valence-electron chi connectivity index (χ1n) is 8.92. The summed E-state index contributed by atoms with van der Waals surface area (Å²) in [5, 5.41) is 0.623. The summed E-state index contributed by atoms with van der Waals surface area (Å²) in [7, 11) is 0. The molecule has 26 heavy (non-hydrogen) atoms. The molecule has 0 N–H and O–H groups in total. The first-order valence-corrected chi connectivity index (χ1v) is 8.92. The molecular formula is C21H23N3O2. The summed E-state index contributed by atoms with van der Waals surface area (Å²) >= 11 is 0. The van der Waals surface area contributed by atoms with Crippen LogP contribution in [0.5, 0.6) is 0 Å². The molecule has 2 aromatic carbocycles. The zero-order valence-corrected chi connectivity index (χ0v) is 15.2. The summed E-state index contributed by atoms with van der Waals surface area (Å²) in [5.41, 5.74) is 2.58. The Kier molecular flexibility index (Phi) is 5.46. The lowest BCUT2D eigenvalue weighted by atomic mass is 10.1. The zero-order chi connectivity index (χ0) is 18.5. The molecule has 0 radical (unpaired) electrons. The molecule has 1 aromatic heterocycles. The molecule has 1 heterocycles. The van der Waals surface area contributed by atoms with Crippen LogP contribution in [0.15, 0.2) is 59.7 Å². The van der Waals surface area contributed by atoms with Gasteiger partial charge in [-0.1, -0.05) is 30.3 Å². The van der Waals surface area contributed by atoms with Crippen LogP contribution in [0.4, 0.5) is 5.69 Å². The van der Waals surface area contributed by atoms with Gasteiger partial charge in [-0.2, -0.15) is 0 Å². The summed E-state index contributed by atoms with van der Waals surface area (Å²) < 4.78 is 1.59. The van der Waals surface area contributed by atoms with E-state index in [9.17, 15) is 9.59 Å². The van der Waals surface area contributed by atoms with Gasteiger partial charge in [0, 0.05) is 25.2 Å². The van der Waals surface area contributed by atoms with Crippen molar-refractivity contribution < 1.29 is 4.79 Å². The van der Waals surface area contributed by atoms with E-state index >= 15 is 0 Å². The van der Waals surface area contributed by atoms with Gasteiger partial charge < -0.3 is 4.90 Å². The maximum atomic E-state index is 12.6. The first-order chi connectivity index (χ1) is 12.6. The maximum absolute atomic E-state index is 12.6. The minimum Gasteiger partial charge on any atom is -0.313 e. The molecule has 0 atom stereocenters. The van der Waals surface area contributed by atoms with Crippen LogP contribution in [0.25, 0.3) is 10.9 Å². The highest BCUT2D eigenvalue weighted by atomic mass is 16.2. The topological polar surface area (TPSA) is 55.2 Å². The van der Waals surface area contributed by atoms with Crippen LogP contribution in [0.2, 0.25) is 0 Å². The van der Waals surface area contributed by atoms with Gasteiger partial charge in [-0.3, -0.25) is 14.2 Å². The minimum atomic E-state index is -0.0541. The summed E-state index contributed by atoms with van der Waals surface area (Å²) in [6, 6.07) is 15.3. The summed E-state index contributed by atoms with van der Waals surface area (Å²) in [6.45, 7) is 5.01. The van der Waals surface area contributed by atoms with Crippen molar-refractivity contribution in [3.63, 3.8) is 0 Å². The fraction of sp³-hybridized carbons (Fsp3) is 0.286. The Hall–Kier alpha value is -2.95. The fourth-order valence-corrected chi connectivity index (χ4v) is 3.14. The Bertz CT molecular complexity index is 964. The molecule has 0 saturated carbocycles. The Morgan fingerprint density at radius 1 is 1.12 bits per heavy atom. The second-order valence-corrected chi connectivity index (χ2v) is 6.29. The quantitative estimate of drug-likeness (QED) is 0.684. The van der Waals surface area contributed by atoms with Crippen LogP contribution in [0.3, 0.4) is 0 Å². The molecule has 0 aliphatic rings. The van der Waals surface area contributed by atoms with Crippen molar-refractivity contribution in [1.82, 2.24) is 9.55 Å². The largest absolute Gasteiger partial charge is 0.313 e. The smallest absolute Gasteiger partial charge is 0.261 e. The number of benzene rings is 2. The first kappa shape index (κ1) is 17.9. The van der Waals surface area contributed by atoms with Crippen molar-refractivity contribution in [2.45, 2.75) is 33.2 Å². The molecule has 1 amide bonds. The average Bonchev–Trinajstić information content (AvgIpc) is 2.66. The molecule has 0 unspecified atom stereocenters. The number of amides is 1. The van der Waals surface area contributed by atoms with Crippen LogP contribution in [0, 0.1) is 6.92 Å². The van der Waals surface area contributed by atoms with Gasteiger partial charge in [0.15, 0.2) is 0 Å². The molecule has 0 spiro atoms. The molecule has 134 valence electrons. The van der Waals surface area contributed by atoms with Gasteiger partial charge in [0.05, 0.1) is 17.2 Å². The Balaban J connectivity index is 1.68. The highest BCUT2D eigenvalue weighted by Crippen LogP contribution is 2.15. The number of fused-ring (bicyclic) bond motifs is 1. The van der Waals surface area contributed by atoms with Gasteiger partial charge in [-0.05, 0) is 44.0 Å². The van der Waals surface area contributed by atoms with Crippen molar-refractivity contribution in [3.05, 3.63) is 70.8 Å². The highest BCUT2D eigenvalue weighted by molar-refractivity contribution is 5.93. The number of hydrogen-bond donors (Lipinski definition) is 0. The third-order valence-corrected chi connectivity index (χ3v) is 4.53. The predicted molar refractivity (Wildman–Crippen MR) is 104 cm³/mol. The number of hydrogen-bond acceptors (Lipinski definition) is 3. The molecule has 0 fully saturated rings. The lowest BCUT2D eigenvalue weighted by molar-refractivity contribution is -0.118.